The molecule has 2 aromatic carbocycles. The van der Waals surface area contributed by atoms with Gasteiger partial charge in [0.25, 0.3) is 5.91 Å². The molecule has 0 radical (unpaired) electrons. The first-order chi connectivity index (χ1) is 12.5. The van der Waals surface area contributed by atoms with Gasteiger partial charge in [-0.1, -0.05) is 44.2 Å². The minimum absolute atomic E-state index is 0.0466. The van der Waals surface area contributed by atoms with E-state index < -0.39 is 0 Å². The van der Waals surface area contributed by atoms with Crippen LogP contribution in [0.15, 0.2) is 60.0 Å². The number of amides is 1. The summed E-state index contributed by atoms with van der Waals surface area (Å²) in [5.74, 6) is 0.960. The van der Waals surface area contributed by atoms with Gasteiger partial charge >= 0.3 is 0 Å². The summed E-state index contributed by atoms with van der Waals surface area (Å²) in [4.78, 5) is 19.0. The Balaban J connectivity index is 1.79. The van der Waals surface area contributed by atoms with E-state index >= 15 is 0 Å². The molecule has 0 aliphatic heterocycles. The average Bonchev–Trinajstić information content (AvgIpc) is 3.07. The lowest BCUT2D eigenvalue weighted by Crippen LogP contribution is -2.30. The van der Waals surface area contributed by atoms with Crippen molar-refractivity contribution in [3.63, 3.8) is 0 Å². The molecule has 1 amide bonds. The lowest BCUT2D eigenvalue weighted by atomic mass is 10.0. The van der Waals surface area contributed by atoms with Crippen LogP contribution in [0.1, 0.15) is 31.0 Å². The fourth-order valence-corrected chi connectivity index (χ4v) is 3.39. The summed E-state index contributed by atoms with van der Waals surface area (Å²) in [6.07, 6.45) is 0. The van der Waals surface area contributed by atoms with Crippen LogP contribution in [0.4, 0.5) is 10.8 Å². The van der Waals surface area contributed by atoms with Gasteiger partial charge in [0.05, 0.1) is 11.4 Å². The zero-order chi connectivity index (χ0) is 18.5. The van der Waals surface area contributed by atoms with Gasteiger partial charge in [-0.25, -0.2) is 4.98 Å². The maximum atomic E-state index is 12.9. The van der Waals surface area contributed by atoms with Crippen molar-refractivity contribution in [3.8, 4) is 5.75 Å². The van der Waals surface area contributed by atoms with Crippen LogP contribution in [0.25, 0.3) is 0 Å². The van der Waals surface area contributed by atoms with Crippen molar-refractivity contribution in [1.29, 1.82) is 0 Å². The number of aromatic nitrogens is 1. The van der Waals surface area contributed by atoms with Crippen LogP contribution in [0, 0.1) is 6.92 Å². The third-order valence-electron chi connectivity index (χ3n) is 3.95. The van der Waals surface area contributed by atoms with E-state index in [1.54, 1.807) is 4.90 Å². The highest BCUT2D eigenvalue weighted by Crippen LogP contribution is 2.29. The second-order valence-electron chi connectivity index (χ2n) is 6.35. The van der Waals surface area contributed by atoms with E-state index in [1.807, 2.05) is 60.8 Å². The van der Waals surface area contributed by atoms with Crippen molar-refractivity contribution in [2.24, 2.45) is 0 Å². The zero-order valence-corrected chi connectivity index (χ0v) is 16.0. The average molecular weight is 366 g/mol. The maximum Gasteiger partial charge on any atom is 0.271 e. The number of rotatable bonds is 6. The predicted molar refractivity (Wildman–Crippen MR) is 106 cm³/mol. The fourth-order valence-electron chi connectivity index (χ4n) is 2.56. The second kappa shape index (κ2) is 8.15. The first-order valence-corrected chi connectivity index (χ1v) is 9.45. The predicted octanol–water partition coefficient (Wildman–Crippen LogP) is 5.32. The number of aryl methyl sites for hydroxylation is 1. The molecular formula is C21H22N2O2S. The normalized spacial score (nSPS) is 10.8. The Morgan fingerprint density at radius 3 is 2.58 bits per heavy atom. The first kappa shape index (κ1) is 18.1. The molecule has 1 heterocycles. The summed E-state index contributed by atoms with van der Waals surface area (Å²) in [6.45, 7) is 6.13. The smallest absolute Gasteiger partial charge is 0.271 e. The molecule has 0 fully saturated rings. The quantitative estimate of drug-likeness (QED) is 0.593. The molecule has 0 N–H and O–H groups in total. The molecule has 0 aliphatic rings. The number of benzene rings is 2. The van der Waals surface area contributed by atoms with E-state index in [4.69, 9.17) is 4.74 Å². The molecule has 4 nitrogen and oxygen atoms in total. The number of para-hydroxylation sites is 1. The van der Waals surface area contributed by atoms with Gasteiger partial charge < -0.3 is 4.74 Å². The number of ether oxygens (including phenoxy) is 1. The van der Waals surface area contributed by atoms with Gasteiger partial charge in [-0.2, -0.15) is 0 Å². The molecule has 0 spiro atoms. The van der Waals surface area contributed by atoms with E-state index in [0.29, 0.717) is 16.8 Å². The molecule has 1 aromatic heterocycles. The molecule has 0 saturated carbocycles. The third kappa shape index (κ3) is 4.29. The van der Waals surface area contributed by atoms with Crippen molar-refractivity contribution < 1.29 is 9.53 Å². The standard InChI is InChI=1S/C21H22N2O2S/c1-15(2)17-8-7-11-19(12-17)25-13-20(24)23(18-9-5-4-6-10-18)21-22-16(3)14-26-21/h4-12,14-15H,13H2,1-3H3. The van der Waals surface area contributed by atoms with Crippen molar-refractivity contribution in [3.05, 3.63) is 71.2 Å². The van der Waals surface area contributed by atoms with E-state index in [1.165, 1.54) is 16.9 Å². The molecule has 0 atom stereocenters. The van der Waals surface area contributed by atoms with Crippen LogP contribution >= 0.6 is 11.3 Å². The Labute approximate surface area is 158 Å². The Morgan fingerprint density at radius 2 is 1.92 bits per heavy atom. The lowest BCUT2D eigenvalue weighted by Gasteiger charge is -2.20. The minimum Gasteiger partial charge on any atom is -0.484 e. The fraction of sp³-hybridized carbons (Fsp3) is 0.238. The molecule has 0 bridgehead atoms. The van der Waals surface area contributed by atoms with Crippen molar-refractivity contribution in [2.45, 2.75) is 26.7 Å². The monoisotopic (exact) mass is 366 g/mol. The molecule has 3 aromatic rings. The molecule has 134 valence electrons. The third-order valence-corrected chi connectivity index (χ3v) is 4.89. The number of carbonyl (C=O) groups excluding carboxylic acids is 1. The number of anilines is 2. The van der Waals surface area contributed by atoms with Crippen LogP contribution in [0.3, 0.4) is 0 Å². The second-order valence-corrected chi connectivity index (χ2v) is 7.19. The highest BCUT2D eigenvalue weighted by atomic mass is 32.1. The van der Waals surface area contributed by atoms with Gasteiger partial charge in [0.15, 0.2) is 11.7 Å². The summed E-state index contributed by atoms with van der Waals surface area (Å²) < 4.78 is 5.78. The van der Waals surface area contributed by atoms with Crippen LogP contribution in [0.2, 0.25) is 0 Å². The van der Waals surface area contributed by atoms with Gasteiger partial charge in [0.2, 0.25) is 0 Å². The van der Waals surface area contributed by atoms with E-state index in [-0.39, 0.29) is 12.5 Å². The van der Waals surface area contributed by atoms with Crippen LogP contribution in [0.5, 0.6) is 5.75 Å². The van der Waals surface area contributed by atoms with Gasteiger partial charge in [-0.15, -0.1) is 11.3 Å². The van der Waals surface area contributed by atoms with Gasteiger partial charge in [0.1, 0.15) is 5.75 Å². The minimum atomic E-state index is -0.152. The molecule has 26 heavy (non-hydrogen) atoms. The summed E-state index contributed by atoms with van der Waals surface area (Å²) in [7, 11) is 0. The Bertz CT molecular complexity index is 874. The largest absolute Gasteiger partial charge is 0.484 e. The van der Waals surface area contributed by atoms with E-state index in [0.717, 1.165) is 11.4 Å². The Kier molecular flexibility index (Phi) is 5.68. The van der Waals surface area contributed by atoms with E-state index in [9.17, 15) is 4.79 Å². The van der Waals surface area contributed by atoms with Crippen molar-refractivity contribution >= 4 is 28.1 Å². The Morgan fingerprint density at radius 1 is 1.15 bits per heavy atom. The SMILES string of the molecule is Cc1csc(N(C(=O)COc2cccc(C(C)C)c2)c2ccccc2)n1. The number of hydrogen-bond donors (Lipinski definition) is 0. The number of carbonyl (C=O) groups is 1. The van der Waals surface area contributed by atoms with Crippen LogP contribution < -0.4 is 9.64 Å². The molecule has 0 saturated heterocycles. The topological polar surface area (TPSA) is 42.4 Å². The highest BCUT2D eigenvalue weighted by Gasteiger charge is 2.21. The lowest BCUT2D eigenvalue weighted by molar-refractivity contribution is -0.119. The number of hydrogen-bond acceptors (Lipinski definition) is 4. The number of nitrogens with zero attached hydrogens (tertiary/aromatic N) is 2. The summed E-state index contributed by atoms with van der Waals surface area (Å²) in [5, 5.41) is 2.59. The first-order valence-electron chi connectivity index (χ1n) is 8.57. The van der Waals surface area contributed by atoms with Gasteiger partial charge in [0, 0.05) is 5.38 Å². The molecule has 0 aliphatic carbocycles. The maximum absolute atomic E-state index is 12.9. The molecule has 3 rings (SSSR count). The molecule has 5 heteroatoms. The summed E-state index contributed by atoms with van der Waals surface area (Å²) in [6, 6.07) is 17.4. The van der Waals surface area contributed by atoms with Crippen LogP contribution in [-0.2, 0) is 4.79 Å². The van der Waals surface area contributed by atoms with Crippen molar-refractivity contribution in [2.75, 3.05) is 11.5 Å². The van der Waals surface area contributed by atoms with E-state index in [2.05, 4.69) is 24.9 Å². The molecule has 0 unspecified atom stereocenters. The van der Waals surface area contributed by atoms with Gasteiger partial charge in [-0.05, 0) is 42.7 Å². The zero-order valence-electron chi connectivity index (χ0n) is 15.2. The Hall–Kier alpha value is -2.66. The highest BCUT2D eigenvalue weighted by molar-refractivity contribution is 7.14. The van der Waals surface area contributed by atoms with Gasteiger partial charge in [-0.3, -0.25) is 9.69 Å². The van der Waals surface area contributed by atoms with Crippen LogP contribution in [-0.4, -0.2) is 17.5 Å². The molecular weight excluding hydrogens is 344 g/mol. The summed E-state index contributed by atoms with van der Waals surface area (Å²) in [5.41, 5.74) is 2.86. The van der Waals surface area contributed by atoms with Crippen molar-refractivity contribution in [1.82, 2.24) is 4.98 Å². The summed E-state index contributed by atoms with van der Waals surface area (Å²) >= 11 is 1.45. The number of thiazole rings is 1.